The molecule has 1 aromatic rings. The van der Waals surface area contributed by atoms with Crippen molar-refractivity contribution >= 4 is 15.9 Å². The van der Waals surface area contributed by atoms with Gasteiger partial charge in [-0.05, 0) is 25.0 Å². The van der Waals surface area contributed by atoms with Gasteiger partial charge < -0.3 is 4.74 Å². The summed E-state index contributed by atoms with van der Waals surface area (Å²) in [7, 11) is 0. The fourth-order valence-corrected chi connectivity index (χ4v) is 2.28. The Hall–Kier alpha value is -0.540. The van der Waals surface area contributed by atoms with Crippen molar-refractivity contribution in [2.45, 2.75) is 18.9 Å². The van der Waals surface area contributed by atoms with Gasteiger partial charge in [0.1, 0.15) is 12.4 Å². The van der Waals surface area contributed by atoms with E-state index < -0.39 is 0 Å². The van der Waals surface area contributed by atoms with Gasteiger partial charge in [-0.15, -0.1) is 0 Å². The van der Waals surface area contributed by atoms with E-state index in [-0.39, 0.29) is 0 Å². The van der Waals surface area contributed by atoms with Crippen molar-refractivity contribution in [3.8, 4) is 5.75 Å². The predicted molar refractivity (Wildman–Crippen MR) is 70.3 cm³/mol. The van der Waals surface area contributed by atoms with Crippen LogP contribution in [-0.2, 0) is 0 Å². The van der Waals surface area contributed by atoms with Crippen molar-refractivity contribution in [2.24, 2.45) is 0 Å². The molecule has 0 aromatic heterocycles. The zero-order valence-electron chi connectivity index (χ0n) is 9.44. The fourth-order valence-electron chi connectivity index (χ4n) is 1.82. The molecule has 0 unspecified atom stereocenters. The highest BCUT2D eigenvalue weighted by atomic mass is 79.9. The number of benzene rings is 1. The van der Waals surface area contributed by atoms with Crippen molar-refractivity contribution in [1.82, 2.24) is 4.90 Å². The number of ether oxygens (including phenoxy) is 1. The van der Waals surface area contributed by atoms with Crippen molar-refractivity contribution < 1.29 is 4.74 Å². The van der Waals surface area contributed by atoms with Crippen LogP contribution < -0.4 is 4.74 Å². The van der Waals surface area contributed by atoms with Crippen LogP contribution in [0.3, 0.4) is 0 Å². The van der Waals surface area contributed by atoms with Gasteiger partial charge >= 0.3 is 0 Å². The lowest BCUT2D eigenvalue weighted by atomic mass is 10.3. The Labute approximate surface area is 106 Å². The summed E-state index contributed by atoms with van der Waals surface area (Å²) in [6, 6.07) is 10.8. The Morgan fingerprint density at radius 2 is 1.94 bits per heavy atom. The fraction of sp³-hybridized carbons (Fsp3) is 0.538. The van der Waals surface area contributed by atoms with Crippen molar-refractivity contribution in [3.05, 3.63) is 30.3 Å². The first-order valence-corrected chi connectivity index (χ1v) is 7.00. The third kappa shape index (κ3) is 3.80. The maximum atomic E-state index is 5.70. The molecular formula is C13H18BrNO. The summed E-state index contributed by atoms with van der Waals surface area (Å²) >= 11 is 3.50. The average Bonchev–Trinajstić information content (AvgIpc) is 3.13. The van der Waals surface area contributed by atoms with E-state index in [1.165, 1.54) is 12.8 Å². The van der Waals surface area contributed by atoms with E-state index in [9.17, 15) is 0 Å². The molecule has 1 aromatic carbocycles. The summed E-state index contributed by atoms with van der Waals surface area (Å²) in [5.74, 6) is 0.970. The van der Waals surface area contributed by atoms with Crippen molar-refractivity contribution in [3.63, 3.8) is 0 Å². The number of hydrogen-bond acceptors (Lipinski definition) is 2. The van der Waals surface area contributed by atoms with Gasteiger partial charge in [-0.2, -0.15) is 0 Å². The molecule has 1 fully saturated rings. The molecular weight excluding hydrogens is 266 g/mol. The molecule has 16 heavy (non-hydrogen) atoms. The summed E-state index contributed by atoms with van der Waals surface area (Å²) in [5, 5.41) is 1.05. The molecule has 0 spiro atoms. The second kappa shape index (κ2) is 6.26. The third-order valence-corrected chi connectivity index (χ3v) is 3.18. The molecule has 0 N–H and O–H groups in total. The van der Waals surface area contributed by atoms with Gasteiger partial charge in [-0.1, -0.05) is 34.1 Å². The molecule has 2 nitrogen and oxygen atoms in total. The van der Waals surface area contributed by atoms with Crippen LogP contribution in [0.25, 0.3) is 0 Å². The molecule has 0 saturated heterocycles. The SMILES string of the molecule is BrCCN(CCOc1ccccc1)C1CC1. The second-order valence-corrected chi connectivity index (χ2v) is 4.91. The first-order valence-electron chi connectivity index (χ1n) is 5.88. The average molecular weight is 284 g/mol. The Morgan fingerprint density at radius 1 is 1.19 bits per heavy atom. The molecule has 88 valence electrons. The van der Waals surface area contributed by atoms with E-state index in [0.29, 0.717) is 0 Å². The molecule has 0 radical (unpaired) electrons. The van der Waals surface area contributed by atoms with E-state index in [2.05, 4.69) is 20.8 Å². The van der Waals surface area contributed by atoms with Crippen LogP contribution in [0.4, 0.5) is 0 Å². The predicted octanol–water partition coefficient (Wildman–Crippen LogP) is 2.92. The third-order valence-electron chi connectivity index (χ3n) is 2.83. The lowest BCUT2D eigenvalue weighted by Crippen LogP contribution is -2.32. The van der Waals surface area contributed by atoms with Crippen molar-refractivity contribution in [2.75, 3.05) is 25.0 Å². The zero-order valence-corrected chi connectivity index (χ0v) is 11.0. The maximum Gasteiger partial charge on any atom is 0.119 e. The Balaban J connectivity index is 1.70. The molecule has 0 amide bonds. The maximum absolute atomic E-state index is 5.70. The van der Waals surface area contributed by atoms with E-state index >= 15 is 0 Å². The van der Waals surface area contributed by atoms with Crippen LogP contribution in [0.2, 0.25) is 0 Å². The second-order valence-electron chi connectivity index (χ2n) is 4.12. The van der Waals surface area contributed by atoms with Gasteiger partial charge in [0.05, 0.1) is 0 Å². The van der Waals surface area contributed by atoms with Gasteiger partial charge in [0.25, 0.3) is 0 Å². The van der Waals surface area contributed by atoms with Crippen LogP contribution in [0.1, 0.15) is 12.8 Å². The monoisotopic (exact) mass is 283 g/mol. The standard InChI is InChI=1S/C13H18BrNO/c14-8-9-15(12-6-7-12)10-11-16-13-4-2-1-3-5-13/h1-5,12H,6-11H2. The molecule has 1 saturated carbocycles. The Bertz CT molecular complexity index is 300. The zero-order chi connectivity index (χ0) is 11.2. The first-order chi connectivity index (χ1) is 7.90. The molecule has 0 atom stereocenters. The Kier molecular flexibility index (Phi) is 4.67. The number of alkyl halides is 1. The number of rotatable bonds is 7. The van der Waals surface area contributed by atoms with Gasteiger partial charge in [-0.25, -0.2) is 0 Å². The molecule has 1 aliphatic carbocycles. The highest BCUT2D eigenvalue weighted by Crippen LogP contribution is 2.26. The molecule has 0 bridgehead atoms. The summed E-state index contributed by atoms with van der Waals surface area (Å²) in [6.45, 7) is 2.95. The minimum atomic E-state index is 0.785. The summed E-state index contributed by atoms with van der Waals surface area (Å²) in [4.78, 5) is 2.51. The van der Waals surface area contributed by atoms with Crippen LogP contribution in [0.5, 0.6) is 5.75 Å². The minimum absolute atomic E-state index is 0.785. The number of nitrogens with zero attached hydrogens (tertiary/aromatic N) is 1. The van der Waals surface area contributed by atoms with E-state index in [0.717, 1.165) is 36.8 Å². The van der Waals surface area contributed by atoms with Gasteiger partial charge in [0, 0.05) is 24.5 Å². The minimum Gasteiger partial charge on any atom is -0.492 e. The quantitative estimate of drug-likeness (QED) is 0.714. The highest BCUT2D eigenvalue weighted by molar-refractivity contribution is 9.09. The van der Waals surface area contributed by atoms with Crippen LogP contribution in [-0.4, -0.2) is 36.0 Å². The molecule has 3 heteroatoms. The molecule has 0 heterocycles. The summed E-state index contributed by atoms with van der Waals surface area (Å²) < 4.78 is 5.70. The van der Waals surface area contributed by atoms with Crippen LogP contribution in [0, 0.1) is 0 Å². The van der Waals surface area contributed by atoms with Crippen molar-refractivity contribution in [1.29, 1.82) is 0 Å². The van der Waals surface area contributed by atoms with Gasteiger partial charge in [0.15, 0.2) is 0 Å². The molecule has 1 aliphatic rings. The largest absolute Gasteiger partial charge is 0.492 e. The normalized spacial score (nSPS) is 15.4. The summed E-state index contributed by atoms with van der Waals surface area (Å²) in [6.07, 6.45) is 2.72. The lowest BCUT2D eigenvalue weighted by Gasteiger charge is -2.20. The highest BCUT2D eigenvalue weighted by Gasteiger charge is 2.27. The first kappa shape index (κ1) is 11.9. The van der Waals surface area contributed by atoms with E-state index in [1.54, 1.807) is 0 Å². The molecule has 2 rings (SSSR count). The van der Waals surface area contributed by atoms with Crippen LogP contribution >= 0.6 is 15.9 Å². The molecule has 0 aliphatic heterocycles. The number of hydrogen-bond donors (Lipinski definition) is 0. The number of halogens is 1. The number of para-hydroxylation sites is 1. The van der Waals surface area contributed by atoms with E-state index in [4.69, 9.17) is 4.74 Å². The Morgan fingerprint density at radius 3 is 2.56 bits per heavy atom. The lowest BCUT2D eigenvalue weighted by molar-refractivity contribution is 0.210. The van der Waals surface area contributed by atoms with Crippen LogP contribution in [0.15, 0.2) is 30.3 Å². The smallest absolute Gasteiger partial charge is 0.119 e. The van der Waals surface area contributed by atoms with Gasteiger partial charge in [-0.3, -0.25) is 4.90 Å². The summed E-state index contributed by atoms with van der Waals surface area (Å²) in [5.41, 5.74) is 0. The van der Waals surface area contributed by atoms with Gasteiger partial charge in [0.2, 0.25) is 0 Å². The van der Waals surface area contributed by atoms with E-state index in [1.807, 2.05) is 30.3 Å². The topological polar surface area (TPSA) is 12.5 Å².